The summed E-state index contributed by atoms with van der Waals surface area (Å²) in [7, 11) is 1.58. The molecule has 0 aliphatic rings. The van der Waals surface area contributed by atoms with Crippen molar-refractivity contribution in [2.24, 2.45) is 0 Å². The molecule has 3 aromatic carbocycles. The summed E-state index contributed by atoms with van der Waals surface area (Å²) in [6, 6.07) is 18.8. The van der Waals surface area contributed by atoms with Gasteiger partial charge in [-0.25, -0.2) is 4.79 Å². The van der Waals surface area contributed by atoms with Crippen LogP contribution >= 0.6 is 0 Å². The zero-order chi connectivity index (χ0) is 23.4. The second-order valence-corrected chi connectivity index (χ2v) is 7.14. The third-order valence-corrected chi connectivity index (χ3v) is 5.05. The Hall–Kier alpha value is -4.01. The van der Waals surface area contributed by atoms with E-state index in [2.05, 4.69) is 0 Å². The van der Waals surface area contributed by atoms with Crippen molar-refractivity contribution in [2.45, 2.75) is 13.5 Å². The molecule has 0 saturated heterocycles. The van der Waals surface area contributed by atoms with Gasteiger partial charge in [0, 0.05) is 10.9 Å². The molecule has 0 amide bonds. The van der Waals surface area contributed by atoms with Crippen LogP contribution in [0.5, 0.6) is 11.5 Å². The van der Waals surface area contributed by atoms with Gasteiger partial charge in [-0.2, -0.15) is 0 Å². The highest BCUT2D eigenvalue weighted by Gasteiger charge is 2.24. The first-order valence-electron chi connectivity index (χ1n) is 10.3. The summed E-state index contributed by atoms with van der Waals surface area (Å²) in [6.45, 7) is 2.21. The predicted octanol–water partition coefficient (Wildman–Crippen LogP) is 5.56. The van der Waals surface area contributed by atoms with Crippen LogP contribution in [0.3, 0.4) is 0 Å². The molecule has 1 aromatic heterocycles. The molecule has 33 heavy (non-hydrogen) atoms. The average molecular weight is 448 g/mol. The van der Waals surface area contributed by atoms with Crippen molar-refractivity contribution in [1.82, 2.24) is 0 Å². The number of methoxy groups -OCH3 is 1. The van der Waals surface area contributed by atoms with Crippen molar-refractivity contribution in [3.05, 3.63) is 83.1 Å². The number of ether oxygens (including phenoxy) is 3. The van der Waals surface area contributed by atoms with Crippen LogP contribution < -0.4 is 14.7 Å². The topological polar surface area (TPSA) is 104 Å². The first-order valence-corrected chi connectivity index (χ1v) is 10.3. The molecule has 1 heterocycles. The largest absolute Gasteiger partial charge is 0.733 e. The number of hydrogen-bond acceptors (Lipinski definition) is 8. The van der Waals surface area contributed by atoms with Crippen molar-refractivity contribution < 1.29 is 28.6 Å². The van der Waals surface area contributed by atoms with E-state index < -0.39 is 5.97 Å². The summed E-state index contributed by atoms with van der Waals surface area (Å²) in [6.07, 6.45) is 0. The lowest BCUT2D eigenvalue weighted by Gasteiger charge is -2.21. The quantitative estimate of drug-likeness (QED) is 0.276. The van der Waals surface area contributed by atoms with E-state index in [0.717, 1.165) is 5.56 Å². The molecule has 4 rings (SSSR count). The van der Waals surface area contributed by atoms with Gasteiger partial charge < -0.3 is 29.1 Å². The lowest BCUT2D eigenvalue weighted by molar-refractivity contribution is 0.0528. The fourth-order valence-electron chi connectivity index (χ4n) is 3.40. The maximum absolute atomic E-state index is 12.8. The molecule has 4 aromatic rings. The van der Waals surface area contributed by atoms with Gasteiger partial charge in [-0.15, -0.1) is 0 Å². The van der Waals surface area contributed by atoms with Crippen molar-refractivity contribution in [3.63, 3.8) is 0 Å². The van der Waals surface area contributed by atoms with Crippen molar-refractivity contribution >= 4 is 22.6 Å². The van der Waals surface area contributed by atoms with Crippen molar-refractivity contribution in [2.75, 3.05) is 18.9 Å². The molecule has 8 heteroatoms. The Bertz CT molecular complexity index is 1240. The highest BCUT2D eigenvalue weighted by atomic mass is 16.8. The minimum atomic E-state index is -0.485. The number of esters is 1. The van der Waals surface area contributed by atoms with E-state index in [4.69, 9.17) is 23.8 Å². The lowest BCUT2D eigenvalue weighted by atomic mass is 10.1. The maximum Gasteiger partial charge on any atom is 0.342 e. The monoisotopic (exact) mass is 448 g/mol. The number of fused-ring (bicyclic) bond motifs is 1. The molecule has 0 atom stereocenters. The Morgan fingerprint density at radius 3 is 2.36 bits per heavy atom. The van der Waals surface area contributed by atoms with E-state index in [0.29, 0.717) is 39.4 Å². The summed E-state index contributed by atoms with van der Waals surface area (Å²) in [5.41, 5.74) is 2.50. The zero-order valence-corrected chi connectivity index (χ0v) is 18.1. The molecule has 0 bridgehead atoms. The van der Waals surface area contributed by atoms with Gasteiger partial charge in [-0.1, -0.05) is 12.1 Å². The summed E-state index contributed by atoms with van der Waals surface area (Å²) < 4.78 is 22.4. The van der Waals surface area contributed by atoms with Crippen LogP contribution in [0.2, 0.25) is 0 Å². The van der Waals surface area contributed by atoms with Crippen LogP contribution in [-0.4, -0.2) is 24.9 Å². The molecule has 1 N–H and O–H groups in total. The maximum atomic E-state index is 12.8. The fourth-order valence-corrected chi connectivity index (χ4v) is 3.40. The van der Waals surface area contributed by atoms with E-state index in [9.17, 15) is 10.0 Å². The van der Waals surface area contributed by atoms with E-state index in [-0.39, 0.29) is 24.1 Å². The Morgan fingerprint density at radius 1 is 1.03 bits per heavy atom. The molecular weight excluding hydrogens is 426 g/mol. The standard InChI is InChI=1S/C25H22NO7/c1-3-31-25(27)23-21-14-20(32-15-16-4-8-18(9-5-16)26(28)29)12-13-22(21)33-24(23)17-6-10-19(30-2)11-7-17/h4-14,28H,3,15H2,1-2H3/q-1. The number of furan rings is 1. The SMILES string of the molecule is CCOC(=O)c1c(-c2ccc(OC)cc2)oc2ccc(OCc3ccc(N([O-])O)cc3)cc12. The van der Waals surface area contributed by atoms with Crippen molar-refractivity contribution in [1.29, 1.82) is 0 Å². The van der Waals surface area contributed by atoms with Gasteiger partial charge in [0.05, 0.1) is 19.4 Å². The second-order valence-electron chi connectivity index (χ2n) is 7.14. The summed E-state index contributed by atoms with van der Waals surface area (Å²) >= 11 is 0. The Labute approximate surface area is 190 Å². The summed E-state index contributed by atoms with van der Waals surface area (Å²) in [5.74, 6) is 1.15. The first kappa shape index (κ1) is 22.2. The number of rotatable bonds is 8. The minimum Gasteiger partial charge on any atom is -0.733 e. The number of nitrogens with zero attached hydrogens (tertiary/aromatic N) is 1. The molecule has 0 saturated carbocycles. The molecule has 0 aliphatic heterocycles. The van der Waals surface area contributed by atoms with Crippen LogP contribution in [0.4, 0.5) is 5.69 Å². The predicted molar refractivity (Wildman–Crippen MR) is 123 cm³/mol. The van der Waals surface area contributed by atoms with Crippen LogP contribution in [-0.2, 0) is 11.3 Å². The molecule has 0 aliphatic carbocycles. The summed E-state index contributed by atoms with van der Waals surface area (Å²) in [5, 5.41) is 20.2. The van der Waals surface area contributed by atoms with Gasteiger partial charge in [0.25, 0.3) is 0 Å². The zero-order valence-electron chi connectivity index (χ0n) is 18.1. The highest BCUT2D eigenvalue weighted by Crippen LogP contribution is 2.36. The van der Waals surface area contributed by atoms with Gasteiger partial charge in [0.15, 0.2) is 0 Å². The third-order valence-electron chi connectivity index (χ3n) is 5.05. The number of carbonyl (C=O) groups excluding carboxylic acids is 1. The Kier molecular flexibility index (Phi) is 6.48. The van der Waals surface area contributed by atoms with Crippen LogP contribution in [0.25, 0.3) is 22.3 Å². The average Bonchev–Trinajstić information content (AvgIpc) is 3.22. The van der Waals surface area contributed by atoms with Gasteiger partial charge in [0.1, 0.15) is 35.0 Å². The molecule has 170 valence electrons. The molecular formula is C25H22NO7-. The number of anilines is 1. The van der Waals surface area contributed by atoms with Gasteiger partial charge >= 0.3 is 5.97 Å². The van der Waals surface area contributed by atoms with E-state index >= 15 is 0 Å². The number of carbonyl (C=O) groups is 1. The fraction of sp³-hybridized carbons (Fsp3) is 0.160. The van der Waals surface area contributed by atoms with E-state index in [1.807, 2.05) is 12.1 Å². The number of hydrogen-bond donors (Lipinski definition) is 1. The molecule has 0 radical (unpaired) electrons. The Morgan fingerprint density at radius 2 is 1.73 bits per heavy atom. The number of benzene rings is 3. The van der Waals surface area contributed by atoms with Gasteiger partial charge in [0.2, 0.25) is 0 Å². The van der Waals surface area contributed by atoms with Crippen molar-refractivity contribution in [3.8, 4) is 22.8 Å². The Balaban J connectivity index is 1.66. The van der Waals surface area contributed by atoms with E-state index in [1.54, 1.807) is 56.5 Å². The third kappa shape index (κ3) is 4.77. The normalized spacial score (nSPS) is 10.8. The highest BCUT2D eigenvalue weighted by molar-refractivity contribution is 6.09. The first-order chi connectivity index (χ1) is 16.0. The van der Waals surface area contributed by atoms with Gasteiger partial charge in [-0.05, 0) is 67.1 Å². The lowest BCUT2D eigenvalue weighted by Crippen LogP contribution is -2.06. The molecule has 0 unspecified atom stereocenters. The minimum absolute atomic E-state index is 0.128. The van der Waals surface area contributed by atoms with Gasteiger partial charge in [-0.3, -0.25) is 5.21 Å². The van der Waals surface area contributed by atoms with Crippen LogP contribution in [0.15, 0.2) is 71.1 Å². The molecule has 0 fully saturated rings. The van der Waals surface area contributed by atoms with Crippen LogP contribution in [0.1, 0.15) is 22.8 Å². The molecule has 8 nitrogen and oxygen atoms in total. The smallest absolute Gasteiger partial charge is 0.342 e. The molecule has 0 spiro atoms. The second kappa shape index (κ2) is 9.64. The summed E-state index contributed by atoms with van der Waals surface area (Å²) in [4.78, 5) is 12.8. The van der Waals surface area contributed by atoms with Crippen LogP contribution in [0, 0.1) is 5.21 Å². The van der Waals surface area contributed by atoms with E-state index in [1.165, 1.54) is 12.1 Å².